The van der Waals surface area contributed by atoms with Gasteiger partial charge >= 0.3 is 0 Å². The average molecular weight is 196 g/mol. The van der Waals surface area contributed by atoms with Gasteiger partial charge in [0.1, 0.15) is 0 Å². The van der Waals surface area contributed by atoms with Crippen LogP contribution < -0.4 is 0 Å². The lowest BCUT2D eigenvalue weighted by atomic mass is 10.0. The number of unbranched alkanes of at least 4 members (excludes halogenated alkanes) is 2. The Hall–Kier alpha value is -0.930. The van der Waals surface area contributed by atoms with E-state index in [0.29, 0.717) is 0 Å². The highest BCUT2D eigenvalue weighted by molar-refractivity contribution is 4.75. The van der Waals surface area contributed by atoms with E-state index in [0.717, 1.165) is 18.2 Å². The zero-order chi connectivity index (χ0) is 10.4. The largest absolute Gasteiger partial charge is 0.174 e. The van der Waals surface area contributed by atoms with Gasteiger partial charge in [-0.25, -0.2) is 0 Å². The smallest absolute Gasteiger partial charge is 0.167 e. The molecule has 1 heterocycles. The molecule has 80 valence electrons. The minimum absolute atomic E-state index is 0.824. The summed E-state index contributed by atoms with van der Waals surface area (Å²) >= 11 is 0. The predicted octanol–water partition coefficient (Wildman–Crippen LogP) is 1.97. The van der Waals surface area contributed by atoms with Gasteiger partial charge in [0.15, 0.2) is 5.82 Å². The van der Waals surface area contributed by atoms with Crippen molar-refractivity contribution >= 4 is 0 Å². The van der Waals surface area contributed by atoms with Crippen molar-refractivity contribution in [1.82, 2.24) is 20.2 Å². The van der Waals surface area contributed by atoms with Crippen LogP contribution in [0.4, 0.5) is 0 Å². The van der Waals surface area contributed by atoms with Gasteiger partial charge in [0.25, 0.3) is 0 Å². The van der Waals surface area contributed by atoms with E-state index in [1.165, 1.54) is 30.5 Å². The number of nitrogens with zero attached hydrogens (tertiary/aromatic N) is 4. The van der Waals surface area contributed by atoms with Crippen molar-refractivity contribution in [3.63, 3.8) is 0 Å². The number of hydrogen-bond donors (Lipinski definition) is 0. The molecule has 4 nitrogen and oxygen atoms in total. The van der Waals surface area contributed by atoms with Crippen LogP contribution in [0.2, 0.25) is 0 Å². The van der Waals surface area contributed by atoms with E-state index in [1.807, 2.05) is 0 Å². The average Bonchev–Trinajstić information content (AvgIpc) is 2.50. The fourth-order valence-electron chi connectivity index (χ4n) is 1.44. The molecular weight excluding hydrogens is 176 g/mol. The van der Waals surface area contributed by atoms with Crippen molar-refractivity contribution in [2.45, 2.75) is 46.0 Å². The lowest BCUT2D eigenvalue weighted by molar-refractivity contribution is 0.524. The van der Waals surface area contributed by atoms with Crippen LogP contribution >= 0.6 is 0 Å². The maximum absolute atomic E-state index is 4.14. The molecule has 0 radical (unpaired) electrons. The Kier molecular flexibility index (Phi) is 4.56. The molecule has 0 aliphatic carbocycles. The molecule has 0 amide bonds. The third-order valence-electron chi connectivity index (χ3n) is 2.23. The number of rotatable bonds is 6. The molecule has 14 heavy (non-hydrogen) atoms. The number of hydrogen-bond acceptors (Lipinski definition) is 3. The maximum Gasteiger partial charge on any atom is 0.174 e. The maximum atomic E-state index is 4.14. The Balaban J connectivity index is 2.04. The van der Waals surface area contributed by atoms with Crippen molar-refractivity contribution in [3.8, 4) is 0 Å². The number of aromatic nitrogens is 4. The zero-order valence-electron chi connectivity index (χ0n) is 9.40. The van der Waals surface area contributed by atoms with Crippen LogP contribution in [0.1, 0.15) is 45.4 Å². The molecule has 0 aromatic carbocycles. The molecule has 1 rings (SSSR count). The topological polar surface area (TPSA) is 43.6 Å². The van der Waals surface area contributed by atoms with Gasteiger partial charge in [-0.1, -0.05) is 33.1 Å². The number of aryl methyl sites for hydroxylation is 2. The van der Waals surface area contributed by atoms with Crippen LogP contribution in [0.15, 0.2) is 0 Å². The quantitative estimate of drug-likeness (QED) is 0.653. The van der Waals surface area contributed by atoms with E-state index in [4.69, 9.17) is 0 Å². The minimum atomic E-state index is 0.824. The lowest BCUT2D eigenvalue weighted by Crippen LogP contribution is -1.94. The second kappa shape index (κ2) is 5.73. The number of tetrazole rings is 1. The summed E-state index contributed by atoms with van der Waals surface area (Å²) in [6.45, 7) is 4.54. The van der Waals surface area contributed by atoms with Gasteiger partial charge in [-0.15, -0.1) is 10.2 Å². The van der Waals surface area contributed by atoms with Crippen LogP contribution in [0, 0.1) is 5.92 Å². The van der Waals surface area contributed by atoms with Crippen LogP contribution in [-0.4, -0.2) is 20.2 Å². The van der Waals surface area contributed by atoms with Crippen LogP contribution in [0.3, 0.4) is 0 Å². The Morgan fingerprint density at radius 1 is 1.21 bits per heavy atom. The molecule has 0 bridgehead atoms. The van der Waals surface area contributed by atoms with Crippen LogP contribution in [0.25, 0.3) is 0 Å². The van der Waals surface area contributed by atoms with E-state index >= 15 is 0 Å². The van der Waals surface area contributed by atoms with Gasteiger partial charge in [-0.2, -0.15) is 4.80 Å². The predicted molar refractivity (Wildman–Crippen MR) is 55.8 cm³/mol. The highest BCUT2D eigenvalue weighted by atomic mass is 15.6. The van der Waals surface area contributed by atoms with Crippen LogP contribution in [0.5, 0.6) is 0 Å². The summed E-state index contributed by atoms with van der Waals surface area (Å²) in [5.41, 5.74) is 0. The second-order valence-corrected chi connectivity index (χ2v) is 4.19. The molecule has 0 saturated carbocycles. The van der Waals surface area contributed by atoms with Crippen molar-refractivity contribution in [2.24, 2.45) is 13.0 Å². The van der Waals surface area contributed by atoms with Crippen molar-refractivity contribution in [3.05, 3.63) is 5.82 Å². The Labute approximate surface area is 85.7 Å². The van der Waals surface area contributed by atoms with Gasteiger partial charge in [-0.05, 0) is 17.6 Å². The second-order valence-electron chi connectivity index (χ2n) is 4.19. The van der Waals surface area contributed by atoms with E-state index in [1.54, 1.807) is 7.05 Å². The van der Waals surface area contributed by atoms with Gasteiger partial charge in [0.2, 0.25) is 0 Å². The molecule has 0 unspecified atom stereocenters. The SMILES string of the molecule is CC(C)CCCCCc1nnn(C)n1. The fourth-order valence-corrected chi connectivity index (χ4v) is 1.44. The van der Waals surface area contributed by atoms with Crippen molar-refractivity contribution < 1.29 is 0 Å². The Bertz CT molecular complexity index is 254. The van der Waals surface area contributed by atoms with E-state index in [9.17, 15) is 0 Å². The Morgan fingerprint density at radius 2 is 2.00 bits per heavy atom. The third kappa shape index (κ3) is 4.35. The molecular formula is C10H20N4. The molecule has 0 fully saturated rings. The molecule has 1 aromatic heterocycles. The summed E-state index contributed by atoms with van der Waals surface area (Å²) < 4.78 is 0. The first-order valence-electron chi connectivity index (χ1n) is 5.41. The van der Waals surface area contributed by atoms with Gasteiger partial charge in [-0.3, -0.25) is 0 Å². The molecule has 0 saturated heterocycles. The molecule has 0 aliphatic heterocycles. The summed E-state index contributed by atoms with van der Waals surface area (Å²) in [7, 11) is 1.80. The van der Waals surface area contributed by atoms with E-state index in [2.05, 4.69) is 29.3 Å². The molecule has 4 heteroatoms. The van der Waals surface area contributed by atoms with Crippen LogP contribution in [-0.2, 0) is 13.5 Å². The minimum Gasteiger partial charge on any atom is -0.167 e. The highest BCUT2D eigenvalue weighted by Crippen LogP contribution is 2.09. The monoisotopic (exact) mass is 196 g/mol. The van der Waals surface area contributed by atoms with Gasteiger partial charge in [0, 0.05) is 6.42 Å². The highest BCUT2D eigenvalue weighted by Gasteiger charge is 2.00. The summed E-state index contributed by atoms with van der Waals surface area (Å²) in [5.74, 6) is 1.70. The molecule has 0 N–H and O–H groups in total. The normalized spacial score (nSPS) is 11.1. The summed E-state index contributed by atoms with van der Waals surface area (Å²) in [6.07, 6.45) is 6.06. The standard InChI is InChI=1S/C10H20N4/c1-9(2)7-5-4-6-8-10-11-13-14(3)12-10/h9H,4-8H2,1-3H3. The van der Waals surface area contributed by atoms with E-state index < -0.39 is 0 Å². The van der Waals surface area contributed by atoms with Gasteiger partial charge in [0.05, 0.1) is 7.05 Å². The first-order chi connectivity index (χ1) is 6.68. The first-order valence-corrected chi connectivity index (χ1v) is 5.41. The van der Waals surface area contributed by atoms with Crippen molar-refractivity contribution in [2.75, 3.05) is 0 Å². The van der Waals surface area contributed by atoms with Crippen molar-refractivity contribution in [1.29, 1.82) is 0 Å². The molecule has 0 aliphatic rings. The fraction of sp³-hybridized carbons (Fsp3) is 0.900. The Morgan fingerprint density at radius 3 is 2.57 bits per heavy atom. The van der Waals surface area contributed by atoms with Gasteiger partial charge < -0.3 is 0 Å². The molecule has 0 atom stereocenters. The zero-order valence-corrected chi connectivity index (χ0v) is 9.40. The molecule has 0 spiro atoms. The first kappa shape index (κ1) is 11.1. The third-order valence-corrected chi connectivity index (χ3v) is 2.23. The van der Waals surface area contributed by atoms with E-state index in [-0.39, 0.29) is 0 Å². The lowest BCUT2D eigenvalue weighted by Gasteiger charge is -2.02. The summed E-state index contributed by atoms with van der Waals surface area (Å²) in [4.78, 5) is 1.52. The molecule has 1 aromatic rings. The summed E-state index contributed by atoms with van der Waals surface area (Å²) in [5, 5.41) is 11.9. The summed E-state index contributed by atoms with van der Waals surface area (Å²) in [6, 6.07) is 0.